The van der Waals surface area contributed by atoms with Gasteiger partial charge < -0.3 is 14.8 Å². The lowest BCUT2D eigenvalue weighted by atomic mass is 9.72. The number of carbonyl (C=O) groups is 1. The Hall–Kier alpha value is -1.39. The molecule has 1 aromatic carbocycles. The molecule has 1 amide bonds. The summed E-state index contributed by atoms with van der Waals surface area (Å²) in [5.74, 6) is 0.671. The number of aryl methyl sites for hydroxylation is 1. The monoisotopic (exact) mass is 331 g/mol. The van der Waals surface area contributed by atoms with Crippen molar-refractivity contribution in [2.45, 2.75) is 51.0 Å². The highest BCUT2D eigenvalue weighted by Gasteiger charge is 2.36. The number of rotatable bonds is 7. The molecule has 3 rings (SSSR count). The molecule has 2 aliphatic rings. The summed E-state index contributed by atoms with van der Waals surface area (Å²) < 4.78 is 11.3. The van der Waals surface area contributed by atoms with E-state index in [1.165, 1.54) is 24.0 Å². The molecule has 132 valence electrons. The molecule has 1 atom stereocenters. The lowest BCUT2D eigenvalue weighted by Gasteiger charge is -2.39. The van der Waals surface area contributed by atoms with Crippen molar-refractivity contribution in [2.24, 2.45) is 5.92 Å². The van der Waals surface area contributed by atoms with E-state index in [0.29, 0.717) is 19.1 Å². The molecule has 2 fully saturated rings. The number of hydrogen-bond donors (Lipinski definition) is 1. The van der Waals surface area contributed by atoms with Crippen molar-refractivity contribution in [2.75, 3.05) is 26.4 Å². The average Bonchev–Trinajstić information content (AvgIpc) is 3.43. The number of ether oxygens (including phenoxy) is 2. The summed E-state index contributed by atoms with van der Waals surface area (Å²) >= 11 is 0. The highest BCUT2D eigenvalue weighted by molar-refractivity contribution is 5.80. The van der Waals surface area contributed by atoms with Crippen LogP contribution in [-0.2, 0) is 19.7 Å². The van der Waals surface area contributed by atoms with Crippen molar-refractivity contribution in [3.63, 3.8) is 0 Å². The third-order valence-corrected chi connectivity index (χ3v) is 5.42. The highest BCUT2D eigenvalue weighted by Crippen LogP contribution is 2.36. The third kappa shape index (κ3) is 4.17. The Morgan fingerprint density at radius 2 is 2.04 bits per heavy atom. The Morgan fingerprint density at radius 3 is 2.71 bits per heavy atom. The van der Waals surface area contributed by atoms with E-state index < -0.39 is 0 Å². The summed E-state index contributed by atoms with van der Waals surface area (Å²) in [6.45, 7) is 6.86. The van der Waals surface area contributed by atoms with Gasteiger partial charge in [-0.05, 0) is 56.6 Å². The Morgan fingerprint density at radius 1 is 1.33 bits per heavy atom. The van der Waals surface area contributed by atoms with Crippen LogP contribution in [0.2, 0.25) is 0 Å². The zero-order valence-electron chi connectivity index (χ0n) is 14.8. The van der Waals surface area contributed by atoms with Crippen molar-refractivity contribution < 1.29 is 14.3 Å². The van der Waals surface area contributed by atoms with Gasteiger partial charge >= 0.3 is 0 Å². The fourth-order valence-corrected chi connectivity index (χ4v) is 3.51. The fraction of sp³-hybridized carbons (Fsp3) is 0.650. The zero-order chi connectivity index (χ0) is 17.0. The molecule has 1 aromatic rings. The minimum absolute atomic E-state index is 0.00454. The summed E-state index contributed by atoms with van der Waals surface area (Å²) in [5, 5.41) is 3.14. The van der Waals surface area contributed by atoms with Crippen LogP contribution in [0.3, 0.4) is 0 Å². The van der Waals surface area contributed by atoms with E-state index in [-0.39, 0.29) is 17.4 Å². The van der Waals surface area contributed by atoms with E-state index in [1.807, 2.05) is 6.92 Å². The molecule has 1 N–H and O–H groups in total. The van der Waals surface area contributed by atoms with E-state index in [9.17, 15) is 4.79 Å². The molecule has 1 saturated heterocycles. The molecule has 0 radical (unpaired) electrons. The van der Waals surface area contributed by atoms with Gasteiger partial charge in [0.25, 0.3) is 0 Å². The Kier molecular flexibility index (Phi) is 5.57. The molecule has 0 bridgehead atoms. The van der Waals surface area contributed by atoms with Gasteiger partial charge in [0.05, 0.1) is 6.61 Å². The molecular weight excluding hydrogens is 302 g/mol. The number of benzene rings is 1. The van der Waals surface area contributed by atoms with Gasteiger partial charge in [-0.2, -0.15) is 0 Å². The fourth-order valence-electron chi connectivity index (χ4n) is 3.51. The van der Waals surface area contributed by atoms with E-state index >= 15 is 0 Å². The first kappa shape index (κ1) is 17.4. The van der Waals surface area contributed by atoms with Gasteiger partial charge in [0.1, 0.15) is 6.10 Å². The maximum atomic E-state index is 12.4. The van der Waals surface area contributed by atoms with Crippen LogP contribution in [0.5, 0.6) is 0 Å². The highest BCUT2D eigenvalue weighted by atomic mass is 16.5. The first-order valence-electron chi connectivity index (χ1n) is 9.14. The summed E-state index contributed by atoms with van der Waals surface area (Å²) in [5.41, 5.74) is 2.59. The lowest BCUT2D eigenvalue weighted by molar-refractivity contribution is -0.132. The summed E-state index contributed by atoms with van der Waals surface area (Å²) in [4.78, 5) is 12.4. The normalized spacial score (nSPS) is 21.2. The van der Waals surface area contributed by atoms with Gasteiger partial charge in [0.15, 0.2) is 0 Å². The Bertz CT molecular complexity index is 562. The van der Waals surface area contributed by atoms with Crippen LogP contribution in [0.15, 0.2) is 24.3 Å². The molecule has 1 saturated carbocycles. The maximum Gasteiger partial charge on any atom is 0.248 e. The average molecular weight is 331 g/mol. The predicted octanol–water partition coefficient (Wildman–Crippen LogP) is 2.97. The summed E-state index contributed by atoms with van der Waals surface area (Å²) in [6, 6.07) is 8.50. The Balaban J connectivity index is 1.64. The van der Waals surface area contributed by atoms with Gasteiger partial charge in [-0.15, -0.1) is 0 Å². The first-order valence-corrected chi connectivity index (χ1v) is 9.14. The third-order valence-electron chi connectivity index (χ3n) is 5.42. The van der Waals surface area contributed by atoms with Crippen LogP contribution in [-0.4, -0.2) is 38.4 Å². The second-order valence-electron chi connectivity index (χ2n) is 7.34. The van der Waals surface area contributed by atoms with Gasteiger partial charge in [0.2, 0.25) is 5.91 Å². The minimum atomic E-state index is -0.376. The molecule has 1 unspecified atom stereocenters. The van der Waals surface area contributed by atoms with Crippen LogP contribution in [0, 0.1) is 12.8 Å². The number of hydrogen-bond acceptors (Lipinski definition) is 3. The topological polar surface area (TPSA) is 47.6 Å². The van der Waals surface area contributed by atoms with E-state index in [4.69, 9.17) is 9.47 Å². The van der Waals surface area contributed by atoms with Crippen LogP contribution >= 0.6 is 0 Å². The molecule has 4 heteroatoms. The van der Waals surface area contributed by atoms with E-state index in [2.05, 4.69) is 36.5 Å². The van der Waals surface area contributed by atoms with Gasteiger partial charge in [-0.1, -0.05) is 24.3 Å². The Labute approximate surface area is 144 Å². The van der Waals surface area contributed by atoms with Crippen LogP contribution < -0.4 is 5.32 Å². The lowest BCUT2D eigenvalue weighted by Crippen LogP contribution is -2.47. The zero-order valence-corrected chi connectivity index (χ0v) is 14.8. The van der Waals surface area contributed by atoms with E-state index in [0.717, 1.165) is 26.1 Å². The number of amides is 1. The molecule has 1 aliphatic carbocycles. The first-order chi connectivity index (χ1) is 11.6. The molecule has 1 heterocycles. The number of carbonyl (C=O) groups excluding carboxylic acids is 1. The summed E-state index contributed by atoms with van der Waals surface area (Å²) in [7, 11) is 0. The van der Waals surface area contributed by atoms with Crippen molar-refractivity contribution >= 4 is 5.91 Å². The van der Waals surface area contributed by atoms with Gasteiger partial charge in [0, 0.05) is 25.2 Å². The molecule has 4 nitrogen and oxygen atoms in total. The van der Waals surface area contributed by atoms with Gasteiger partial charge in [-0.25, -0.2) is 0 Å². The molecule has 24 heavy (non-hydrogen) atoms. The van der Waals surface area contributed by atoms with Crippen molar-refractivity contribution in [3.05, 3.63) is 35.4 Å². The smallest absolute Gasteiger partial charge is 0.248 e. The largest absolute Gasteiger partial charge is 0.381 e. The molecule has 0 aromatic heterocycles. The molecular formula is C20H29NO3. The van der Waals surface area contributed by atoms with Crippen LogP contribution in [0.25, 0.3) is 0 Å². The van der Waals surface area contributed by atoms with E-state index in [1.54, 1.807) is 0 Å². The minimum Gasteiger partial charge on any atom is -0.381 e. The van der Waals surface area contributed by atoms with Crippen LogP contribution in [0.4, 0.5) is 0 Å². The second-order valence-corrected chi connectivity index (χ2v) is 7.34. The van der Waals surface area contributed by atoms with Gasteiger partial charge in [-0.3, -0.25) is 4.79 Å². The SMILES string of the molecule is Cc1ccccc1C1(CNC(=O)C(C)OCC2CC2)CCOCC1. The standard InChI is InChI=1S/C20H29NO3/c1-15-5-3-4-6-18(15)20(9-11-23-12-10-20)14-21-19(22)16(2)24-13-17-7-8-17/h3-6,16-17H,7-14H2,1-2H3,(H,21,22). The van der Waals surface area contributed by atoms with Crippen molar-refractivity contribution in [1.82, 2.24) is 5.32 Å². The molecule has 0 spiro atoms. The van der Waals surface area contributed by atoms with Crippen molar-refractivity contribution in [1.29, 1.82) is 0 Å². The molecule has 1 aliphatic heterocycles. The second kappa shape index (κ2) is 7.66. The quantitative estimate of drug-likeness (QED) is 0.835. The maximum absolute atomic E-state index is 12.4. The summed E-state index contributed by atoms with van der Waals surface area (Å²) in [6.07, 6.45) is 3.99. The number of nitrogens with one attached hydrogen (secondary N) is 1. The predicted molar refractivity (Wildman–Crippen MR) is 94.1 cm³/mol. The van der Waals surface area contributed by atoms with Crippen LogP contribution in [0.1, 0.15) is 43.7 Å². The van der Waals surface area contributed by atoms with Crippen molar-refractivity contribution in [3.8, 4) is 0 Å².